The lowest BCUT2D eigenvalue weighted by Gasteiger charge is -2.07. The van der Waals surface area contributed by atoms with Crippen LogP contribution in [0, 0.1) is 6.92 Å². The molecule has 1 aromatic carbocycles. The summed E-state index contributed by atoms with van der Waals surface area (Å²) in [5.41, 5.74) is 1.01. The Labute approximate surface area is 149 Å². The van der Waals surface area contributed by atoms with Crippen molar-refractivity contribution in [2.45, 2.75) is 32.6 Å². The van der Waals surface area contributed by atoms with Gasteiger partial charge in [-0.15, -0.1) is 0 Å². The minimum absolute atomic E-state index is 0.0446. The van der Waals surface area contributed by atoms with E-state index in [9.17, 15) is 26.7 Å². The highest BCUT2D eigenvalue weighted by molar-refractivity contribution is 5.91. The van der Waals surface area contributed by atoms with Crippen molar-refractivity contribution in [3.8, 4) is 0 Å². The molecule has 144 valence electrons. The largest absolute Gasteiger partial charge is 0.394 e. The van der Waals surface area contributed by atoms with E-state index in [-0.39, 0.29) is 12.3 Å². The zero-order chi connectivity index (χ0) is 19.8. The van der Waals surface area contributed by atoms with Gasteiger partial charge in [0.25, 0.3) is 5.91 Å². The Bertz CT molecular complexity index is 975. The van der Waals surface area contributed by atoms with Crippen LogP contribution in [0.4, 0.5) is 22.0 Å². The molecule has 0 aliphatic carbocycles. The van der Waals surface area contributed by atoms with Crippen LogP contribution in [0.2, 0.25) is 0 Å². The summed E-state index contributed by atoms with van der Waals surface area (Å²) in [6.45, 7) is -1.05. The van der Waals surface area contributed by atoms with Gasteiger partial charge in [0.05, 0.1) is 17.6 Å². The van der Waals surface area contributed by atoms with E-state index in [1.165, 1.54) is 6.07 Å². The first-order chi connectivity index (χ1) is 12.6. The number of carbonyl (C=O) groups is 1. The third-order valence-electron chi connectivity index (χ3n) is 3.91. The van der Waals surface area contributed by atoms with Crippen LogP contribution in [0.5, 0.6) is 0 Å². The summed E-state index contributed by atoms with van der Waals surface area (Å²) in [4.78, 5) is 12.0. The highest BCUT2D eigenvalue weighted by Gasteiger charge is 2.30. The zero-order valence-corrected chi connectivity index (χ0v) is 14.0. The number of rotatable bonds is 5. The fraction of sp³-hybridized carbons (Fsp3) is 0.294. The number of halogens is 5. The maximum absolute atomic E-state index is 13.1. The second-order valence-electron chi connectivity index (χ2n) is 5.98. The second-order valence-corrected chi connectivity index (χ2v) is 5.98. The van der Waals surface area contributed by atoms with E-state index in [2.05, 4.69) is 15.0 Å². The van der Waals surface area contributed by atoms with Crippen LogP contribution in [-0.2, 0) is 13.0 Å². The van der Waals surface area contributed by atoms with Gasteiger partial charge in [0.1, 0.15) is 0 Å². The number of hydrogen-bond donors (Lipinski definition) is 1. The predicted octanol–water partition coefficient (Wildman–Crippen LogP) is 4.37. The maximum atomic E-state index is 13.1. The van der Waals surface area contributed by atoms with Crippen molar-refractivity contribution in [2.24, 2.45) is 0 Å². The number of benzene rings is 1. The van der Waals surface area contributed by atoms with Crippen molar-refractivity contribution in [2.75, 3.05) is 0 Å². The SMILES string of the molecule is Cc1cc2cc(CNC(=O)c3cc(CC(F)(F)F)no3)ccc2n1C(F)F. The molecule has 3 aromatic rings. The number of aryl methyl sites for hydroxylation is 1. The third kappa shape index (κ3) is 4.26. The minimum Gasteiger partial charge on any atom is -0.351 e. The molecule has 0 saturated carbocycles. The maximum Gasteiger partial charge on any atom is 0.394 e. The Hall–Kier alpha value is -2.91. The molecule has 5 nitrogen and oxygen atoms in total. The van der Waals surface area contributed by atoms with Gasteiger partial charge in [-0.25, -0.2) is 0 Å². The van der Waals surface area contributed by atoms with Crippen molar-refractivity contribution in [1.82, 2.24) is 15.0 Å². The van der Waals surface area contributed by atoms with Crippen LogP contribution in [0.25, 0.3) is 10.9 Å². The van der Waals surface area contributed by atoms with Gasteiger partial charge in [-0.05, 0) is 30.7 Å². The standard InChI is InChI=1S/C17H14F5N3O2/c1-9-4-11-5-10(2-3-13(11)25(9)16(18)19)8-23-15(26)14-6-12(24-27-14)7-17(20,21)22/h2-6,16H,7-8H2,1H3,(H,23,26). The molecule has 27 heavy (non-hydrogen) atoms. The minimum atomic E-state index is -4.45. The number of nitrogens with zero attached hydrogens (tertiary/aromatic N) is 2. The number of amides is 1. The summed E-state index contributed by atoms with van der Waals surface area (Å²) in [7, 11) is 0. The topological polar surface area (TPSA) is 60.1 Å². The Balaban J connectivity index is 1.68. The van der Waals surface area contributed by atoms with E-state index < -0.39 is 30.7 Å². The van der Waals surface area contributed by atoms with Crippen molar-refractivity contribution < 1.29 is 31.3 Å². The van der Waals surface area contributed by atoms with Gasteiger partial charge in [0.2, 0.25) is 5.76 Å². The lowest BCUT2D eigenvalue weighted by atomic mass is 10.1. The van der Waals surface area contributed by atoms with E-state index in [1.54, 1.807) is 25.1 Å². The Morgan fingerprint density at radius 2 is 2.00 bits per heavy atom. The predicted molar refractivity (Wildman–Crippen MR) is 85.4 cm³/mol. The fourth-order valence-corrected chi connectivity index (χ4v) is 2.77. The van der Waals surface area contributed by atoms with Crippen LogP contribution in [0.3, 0.4) is 0 Å². The van der Waals surface area contributed by atoms with E-state index in [4.69, 9.17) is 0 Å². The number of alkyl halides is 5. The van der Waals surface area contributed by atoms with Gasteiger partial charge in [-0.2, -0.15) is 22.0 Å². The van der Waals surface area contributed by atoms with Crippen LogP contribution in [0.1, 0.15) is 34.1 Å². The Kier molecular flexibility index (Phi) is 4.90. The smallest absolute Gasteiger partial charge is 0.351 e. The molecule has 10 heteroatoms. The number of hydrogen-bond acceptors (Lipinski definition) is 3. The molecule has 0 radical (unpaired) electrons. The monoisotopic (exact) mass is 387 g/mol. The molecule has 0 aliphatic heterocycles. The first-order valence-corrected chi connectivity index (χ1v) is 7.83. The summed E-state index contributed by atoms with van der Waals surface area (Å²) in [6.07, 6.45) is -5.74. The normalized spacial score (nSPS) is 12.1. The Morgan fingerprint density at radius 1 is 1.26 bits per heavy atom. The molecule has 0 atom stereocenters. The molecule has 0 aliphatic rings. The summed E-state index contributed by atoms with van der Waals surface area (Å²) in [5.74, 6) is -1.06. The molecular weight excluding hydrogens is 373 g/mol. The zero-order valence-electron chi connectivity index (χ0n) is 14.0. The fourth-order valence-electron chi connectivity index (χ4n) is 2.77. The quantitative estimate of drug-likeness (QED) is 0.662. The van der Waals surface area contributed by atoms with Gasteiger partial charge in [0, 0.05) is 23.7 Å². The molecule has 1 N–H and O–H groups in total. The van der Waals surface area contributed by atoms with E-state index in [1.807, 2.05) is 0 Å². The number of carbonyl (C=O) groups excluding carboxylic acids is 1. The first kappa shape index (κ1) is 18.9. The average Bonchev–Trinajstić information content (AvgIpc) is 3.13. The summed E-state index contributed by atoms with van der Waals surface area (Å²) >= 11 is 0. The van der Waals surface area contributed by atoms with Crippen LogP contribution < -0.4 is 5.32 Å². The van der Waals surface area contributed by atoms with Crippen molar-refractivity contribution in [3.05, 3.63) is 53.0 Å². The van der Waals surface area contributed by atoms with E-state index in [0.717, 1.165) is 10.6 Å². The van der Waals surface area contributed by atoms with Gasteiger partial charge >= 0.3 is 12.7 Å². The first-order valence-electron chi connectivity index (χ1n) is 7.83. The van der Waals surface area contributed by atoms with Gasteiger partial charge in [-0.3, -0.25) is 9.36 Å². The van der Waals surface area contributed by atoms with Crippen LogP contribution in [0.15, 0.2) is 34.9 Å². The molecule has 0 spiro atoms. The Morgan fingerprint density at radius 3 is 2.67 bits per heavy atom. The lowest BCUT2D eigenvalue weighted by molar-refractivity contribution is -0.128. The van der Waals surface area contributed by atoms with E-state index in [0.29, 0.717) is 22.2 Å². The molecule has 0 unspecified atom stereocenters. The van der Waals surface area contributed by atoms with Gasteiger partial charge in [0.15, 0.2) is 0 Å². The second kappa shape index (κ2) is 7.01. The molecule has 1 amide bonds. The van der Waals surface area contributed by atoms with Crippen molar-refractivity contribution in [1.29, 1.82) is 0 Å². The highest BCUT2D eigenvalue weighted by Crippen LogP contribution is 2.26. The highest BCUT2D eigenvalue weighted by atomic mass is 19.4. The summed E-state index contributed by atoms with van der Waals surface area (Å²) < 4.78 is 68.5. The third-order valence-corrected chi connectivity index (χ3v) is 3.91. The van der Waals surface area contributed by atoms with Crippen molar-refractivity contribution >= 4 is 16.8 Å². The molecule has 3 rings (SSSR count). The summed E-state index contributed by atoms with van der Waals surface area (Å²) in [6, 6.07) is 7.28. The van der Waals surface area contributed by atoms with Crippen LogP contribution in [-0.4, -0.2) is 21.8 Å². The van der Waals surface area contributed by atoms with Gasteiger partial charge in [-0.1, -0.05) is 11.2 Å². The van der Waals surface area contributed by atoms with Gasteiger partial charge < -0.3 is 9.84 Å². The average molecular weight is 387 g/mol. The van der Waals surface area contributed by atoms with Crippen molar-refractivity contribution in [3.63, 3.8) is 0 Å². The molecule has 2 aromatic heterocycles. The lowest BCUT2D eigenvalue weighted by Crippen LogP contribution is -2.22. The molecule has 2 heterocycles. The molecular formula is C17H14F5N3O2. The molecule has 0 fully saturated rings. The number of fused-ring (bicyclic) bond motifs is 1. The van der Waals surface area contributed by atoms with Crippen LogP contribution >= 0.6 is 0 Å². The summed E-state index contributed by atoms with van der Waals surface area (Å²) in [5, 5.41) is 6.30. The molecule has 0 bridgehead atoms. The number of aromatic nitrogens is 2. The van der Waals surface area contributed by atoms with E-state index >= 15 is 0 Å². The molecule has 0 saturated heterocycles. The number of nitrogens with one attached hydrogen (secondary N) is 1.